The Hall–Kier alpha value is -2.91. The molecular formula is C21H28N4O4S. The predicted molar refractivity (Wildman–Crippen MR) is 119 cm³/mol. The van der Waals surface area contributed by atoms with Gasteiger partial charge in [-0.2, -0.15) is 0 Å². The molecule has 2 aromatic rings. The zero-order valence-corrected chi connectivity index (χ0v) is 18.1. The maximum absolute atomic E-state index is 11.7. The summed E-state index contributed by atoms with van der Waals surface area (Å²) >= 11 is 1.22. The van der Waals surface area contributed by atoms with Gasteiger partial charge in [-0.15, -0.1) is 11.3 Å². The Morgan fingerprint density at radius 1 is 1.17 bits per heavy atom. The van der Waals surface area contributed by atoms with Crippen molar-refractivity contribution in [2.45, 2.75) is 39.7 Å². The Labute approximate surface area is 179 Å². The molecular weight excluding hydrogens is 404 g/mol. The fourth-order valence-electron chi connectivity index (χ4n) is 3.14. The third-order valence-electron chi connectivity index (χ3n) is 4.66. The number of urea groups is 1. The number of carbonyl (C=O) groups excluding carboxylic acids is 2. The van der Waals surface area contributed by atoms with Crippen molar-refractivity contribution < 1.29 is 19.5 Å². The van der Waals surface area contributed by atoms with E-state index < -0.39 is 23.9 Å². The first kappa shape index (κ1) is 23.4. The lowest BCUT2D eigenvalue weighted by Crippen LogP contribution is -2.38. The largest absolute Gasteiger partial charge is 0.480 e. The number of aliphatic carboxylic acids is 1. The van der Waals surface area contributed by atoms with Gasteiger partial charge in [0.1, 0.15) is 11.0 Å². The van der Waals surface area contributed by atoms with Crippen LogP contribution in [0.15, 0.2) is 24.3 Å². The second-order valence-corrected chi connectivity index (χ2v) is 8.62. The Kier molecular flexibility index (Phi) is 7.96. The van der Waals surface area contributed by atoms with Crippen molar-refractivity contribution in [2.75, 3.05) is 11.9 Å². The molecule has 0 fully saturated rings. The van der Waals surface area contributed by atoms with Crippen molar-refractivity contribution >= 4 is 34.2 Å². The van der Waals surface area contributed by atoms with E-state index in [0.717, 1.165) is 21.6 Å². The predicted octanol–water partition coefficient (Wildman–Crippen LogP) is 2.94. The van der Waals surface area contributed by atoms with Gasteiger partial charge in [0.2, 0.25) is 0 Å². The van der Waals surface area contributed by atoms with Crippen LogP contribution < -0.4 is 22.1 Å². The average Bonchev–Trinajstić information content (AvgIpc) is 3.05. The minimum atomic E-state index is -0.846. The molecule has 162 valence electrons. The third kappa shape index (κ3) is 6.30. The molecule has 0 unspecified atom stereocenters. The lowest BCUT2D eigenvalue weighted by Gasteiger charge is -2.17. The van der Waals surface area contributed by atoms with Crippen LogP contribution in [0, 0.1) is 12.8 Å². The first-order valence-corrected chi connectivity index (χ1v) is 10.5. The number of nitrogens with one attached hydrogen (secondary N) is 2. The van der Waals surface area contributed by atoms with Crippen LogP contribution in [-0.2, 0) is 11.2 Å². The number of anilines is 1. The first-order chi connectivity index (χ1) is 14.1. The molecule has 0 saturated carbocycles. The number of nitrogens with two attached hydrogens (primary N) is 2. The highest BCUT2D eigenvalue weighted by atomic mass is 32.1. The monoisotopic (exact) mass is 432 g/mol. The lowest BCUT2D eigenvalue weighted by molar-refractivity contribution is -0.139. The minimum absolute atomic E-state index is 0.204. The van der Waals surface area contributed by atoms with E-state index in [1.807, 2.05) is 39.0 Å². The van der Waals surface area contributed by atoms with Crippen molar-refractivity contribution in [1.29, 1.82) is 0 Å². The van der Waals surface area contributed by atoms with Gasteiger partial charge in [0.15, 0.2) is 0 Å². The molecule has 3 amide bonds. The highest BCUT2D eigenvalue weighted by Gasteiger charge is 2.19. The van der Waals surface area contributed by atoms with Gasteiger partial charge < -0.3 is 21.9 Å². The Balaban J connectivity index is 2.20. The van der Waals surface area contributed by atoms with Gasteiger partial charge in [-0.3, -0.25) is 14.9 Å². The fraction of sp³-hybridized carbons (Fsp3) is 0.381. The van der Waals surface area contributed by atoms with E-state index in [0.29, 0.717) is 24.4 Å². The zero-order valence-electron chi connectivity index (χ0n) is 17.3. The van der Waals surface area contributed by atoms with E-state index in [-0.39, 0.29) is 11.5 Å². The van der Waals surface area contributed by atoms with Crippen LogP contribution in [0.4, 0.5) is 9.80 Å². The molecule has 7 N–H and O–H groups in total. The summed E-state index contributed by atoms with van der Waals surface area (Å²) in [6.45, 7) is 6.51. The summed E-state index contributed by atoms with van der Waals surface area (Å²) in [6, 6.07) is 6.18. The highest BCUT2D eigenvalue weighted by Crippen LogP contribution is 2.36. The maximum Gasteiger partial charge on any atom is 0.320 e. The molecule has 1 heterocycles. The fourth-order valence-corrected chi connectivity index (χ4v) is 4.20. The van der Waals surface area contributed by atoms with Crippen molar-refractivity contribution in [1.82, 2.24) is 5.32 Å². The summed E-state index contributed by atoms with van der Waals surface area (Å²) < 4.78 is 0. The molecule has 0 bridgehead atoms. The summed E-state index contributed by atoms with van der Waals surface area (Å²) in [5.74, 6) is -1.21. The van der Waals surface area contributed by atoms with Crippen molar-refractivity contribution in [2.24, 2.45) is 17.4 Å². The van der Waals surface area contributed by atoms with Crippen LogP contribution in [0.3, 0.4) is 0 Å². The molecule has 1 atom stereocenters. The first-order valence-electron chi connectivity index (χ1n) is 9.64. The van der Waals surface area contributed by atoms with E-state index in [1.54, 1.807) is 6.07 Å². The van der Waals surface area contributed by atoms with Gasteiger partial charge in [-0.05, 0) is 55.0 Å². The number of aryl methyl sites for hydroxylation is 1. The number of carboxylic acid groups (broad SMARTS) is 1. The summed E-state index contributed by atoms with van der Waals surface area (Å²) in [4.78, 5) is 35.1. The molecule has 1 aromatic heterocycles. The molecule has 2 rings (SSSR count). The third-order valence-corrected chi connectivity index (χ3v) is 5.76. The highest BCUT2D eigenvalue weighted by molar-refractivity contribution is 7.20. The Morgan fingerprint density at radius 3 is 2.43 bits per heavy atom. The second-order valence-electron chi connectivity index (χ2n) is 7.57. The SMILES string of the molecule is Cc1ccc(-c2cc(C(N)=O)c(NC(N)=O)s2)cc1CCN[C@@H](CC(C)C)C(=O)O. The van der Waals surface area contributed by atoms with E-state index >= 15 is 0 Å². The number of benzene rings is 1. The van der Waals surface area contributed by atoms with Gasteiger partial charge in [-0.25, -0.2) is 4.79 Å². The number of carboxylic acids is 1. The standard InChI is InChI=1S/C21H28N4O4S/c1-11(2)8-16(20(27)28)24-7-6-13-9-14(5-4-12(13)3)17-10-15(18(22)26)19(30-17)25-21(23)29/h4-5,9-11,16,24H,6-8H2,1-3H3,(H2,22,26)(H,27,28)(H3,23,25,29)/t16-/m0/s1. The summed E-state index contributed by atoms with van der Waals surface area (Å²) in [6.07, 6.45) is 1.22. The van der Waals surface area contributed by atoms with Gasteiger partial charge in [0.05, 0.1) is 5.56 Å². The minimum Gasteiger partial charge on any atom is -0.480 e. The smallest absolute Gasteiger partial charge is 0.320 e. The van der Waals surface area contributed by atoms with E-state index in [1.165, 1.54) is 11.3 Å². The van der Waals surface area contributed by atoms with Gasteiger partial charge in [0, 0.05) is 4.88 Å². The van der Waals surface area contributed by atoms with Crippen molar-refractivity contribution in [3.8, 4) is 10.4 Å². The van der Waals surface area contributed by atoms with Gasteiger partial charge >= 0.3 is 12.0 Å². The van der Waals surface area contributed by atoms with Crippen molar-refractivity contribution in [3.05, 3.63) is 41.0 Å². The lowest BCUT2D eigenvalue weighted by atomic mass is 10.0. The Morgan fingerprint density at radius 2 is 1.87 bits per heavy atom. The van der Waals surface area contributed by atoms with Crippen LogP contribution in [0.1, 0.15) is 41.8 Å². The van der Waals surface area contributed by atoms with E-state index in [2.05, 4.69) is 10.6 Å². The summed E-state index contributed by atoms with van der Waals surface area (Å²) in [7, 11) is 0. The number of hydrogen-bond acceptors (Lipinski definition) is 5. The molecule has 0 aliphatic rings. The molecule has 0 spiro atoms. The van der Waals surface area contributed by atoms with Crippen LogP contribution in [-0.4, -0.2) is 35.6 Å². The van der Waals surface area contributed by atoms with Crippen LogP contribution >= 0.6 is 11.3 Å². The average molecular weight is 433 g/mol. The summed E-state index contributed by atoms with van der Waals surface area (Å²) in [5, 5.41) is 15.2. The number of hydrogen-bond donors (Lipinski definition) is 5. The molecule has 0 aliphatic heterocycles. The van der Waals surface area contributed by atoms with E-state index in [9.17, 15) is 19.5 Å². The molecule has 9 heteroatoms. The molecule has 30 heavy (non-hydrogen) atoms. The molecule has 1 aromatic carbocycles. The van der Waals surface area contributed by atoms with Crippen LogP contribution in [0.25, 0.3) is 10.4 Å². The number of rotatable bonds is 10. The Bertz CT molecular complexity index is 939. The normalized spacial score (nSPS) is 12.0. The van der Waals surface area contributed by atoms with E-state index in [4.69, 9.17) is 11.5 Å². The number of primary amides is 2. The van der Waals surface area contributed by atoms with Crippen LogP contribution in [0.5, 0.6) is 0 Å². The molecule has 0 aliphatic carbocycles. The second kappa shape index (κ2) is 10.2. The van der Waals surface area contributed by atoms with Crippen molar-refractivity contribution in [3.63, 3.8) is 0 Å². The summed E-state index contributed by atoms with van der Waals surface area (Å²) in [5.41, 5.74) is 13.8. The number of carbonyl (C=O) groups is 3. The quantitative estimate of drug-likeness (QED) is 0.391. The van der Waals surface area contributed by atoms with Crippen LogP contribution in [0.2, 0.25) is 0 Å². The van der Waals surface area contributed by atoms with Gasteiger partial charge in [-0.1, -0.05) is 32.0 Å². The zero-order chi connectivity index (χ0) is 22.4. The molecule has 0 radical (unpaired) electrons. The molecule has 8 nitrogen and oxygen atoms in total. The number of amides is 3. The topological polar surface area (TPSA) is 148 Å². The molecule has 0 saturated heterocycles. The maximum atomic E-state index is 11.7. The van der Waals surface area contributed by atoms with Gasteiger partial charge in [0.25, 0.3) is 5.91 Å². The number of thiophene rings is 1.